The van der Waals surface area contributed by atoms with Crippen molar-refractivity contribution in [2.75, 3.05) is 32.8 Å². The van der Waals surface area contributed by atoms with Crippen LogP contribution in [0.15, 0.2) is 0 Å². The summed E-state index contributed by atoms with van der Waals surface area (Å²) in [7, 11) is 0. The van der Waals surface area contributed by atoms with Gasteiger partial charge in [-0.3, -0.25) is 4.90 Å². The Balaban J connectivity index is 1.70. The van der Waals surface area contributed by atoms with Crippen molar-refractivity contribution in [2.45, 2.75) is 83.6 Å². The summed E-state index contributed by atoms with van der Waals surface area (Å²) in [6.07, 6.45) is 6.95. The van der Waals surface area contributed by atoms with Gasteiger partial charge in [0, 0.05) is 25.2 Å². The molecule has 0 aromatic carbocycles. The molecule has 0 radical (unpaired) electrons. The molecule has 0 aromatic rings. The average molecular weight is 312 g/mol. The Morgan fingerprint density at radius 1 is 0.909 bits per heavy atom. The molecule has 4 nitrogen and oxygen atoms in total. The molecule has 2 aliphatic heterocycles. The molecule has 2 fully saturated rings. The summed E-state index contributed by atoms with van der Waals surface area (Å²) in [5, 5.41) is 9.76. The van der Waals surface area contributed by atoms with Crippen molar-refractivity contribution in [1.29, 1.82) is 0 Å². The van der Waals surface area contributed by atoms with Crippen LogP contribution in [0.2, 0.25) is 0 Å². The fourth-order valence-electron chi connectivity index (χ4n) is 3.69. The molecule has 22 heavy (non-hydrogen) atoms. The number of aliphatic hydroxyl groups is 1. The Bertz CT molecular complexity index is 311. The molecule has 0 amide bonds. The maximum atomic E-state index is 9.76. The third-order valence-corrected chi connectivity index (χ3v) is 5.37. The maximum Gasteiger partial charge on any atom is 0.0622 e. The fourth-order valence-corrected chi connectivity index (χ4v) is 3.69. The zero-order valence-electron chi connectivity index (χ0n) is 14.8. The number of rotatable bonds is 5. The molecular weight excluding hydrogens is 276 g/mol. The van der Waals surface area contributed by atoms with Gasteiger partial charge in [0.05, 0.1) is 18.8 Å². The van der Waals surface area contributed by atoms with E-state index in [4.69, 9.17) is 4.74 Å². The number of aliphatic hydroxyl groups excluding tert-OH is 1. The molecule has 0 saturated carbocycles. The van der Waals surface area contributed by atoms with Crippen LogP contribution in [0, 0.1) is 0 Å². The Morgan fingerprint density at radius 2 is 1.59 bits per heavy atom. The molecule has 0 aliphatic carbocycles. The first-order valence-corrected chi connectivity index (χ1v) is 9.34. The number of hydrogen-bond acceptors (Lipinski definition) is 4. The lowest BCUT2D eigenvalue weighted by Gasteiger charge is -2.29. The van der Waals surface area contributed by atoms with Crippen molar-refractivity contribution in [2.24, 2.45) is 0 Å². The molecule has 0 bridgehead atoms. The highest BCUT2D eigenvalue weighted by molar-refractivity contribution is 4.76. The molecule has 2 saturated heterocycles. The van der Waals surface area contributed by atoms with Crippen LogP contribution < -0.4 is 0 Å². The van der Waals surface area contributed by atoms with Crippen molar-refractivity contribution < 1.29 is 9.84 Å². The summed E-state index contributed by atoms with van der Waals surface area (Å²) in [5.41, 5.74) is 0. The summed E-state index contributed by atoms with van der Waals surface area (Å²) in [4.78, 5) is 5.07. The summed E-state index contributed by atoms with van der Waals surface area (Å²) >= 11 is 0. The van der Waals surface area contributed by atoms with E-state index in [-0.39, 0.29) is 6.10 Å². The van der Waals surface area contributed by atoms with Gasteiger partial charge in [-0.2, -0.15) is 0 Å². The van der Waals surface area contributed by atoms with Gasteiger partial charge in [-0.25, -0.2) is 0 Å². The van der Waals surface area contributed by atoms with Crippen LogP contribution in [0.25, 0.3) is 0 Å². The van der Waals surface area contributed by atoms with Crippen molar-refractivity contribution in [3.05, 3.63) is 0 Å². The monoisotopic (exact) mass is 312 g/mol. The minimum atomic E-state index is -0.0954. The van der Waals surface area contributed by atoms with Crippen LogP contribution >= 0.6 is 0 Å². The van der Waals surface area contributed by atoms with E-state index in [1.807, 2.05) is 0 Å². The van der Waals surface area contributed by atoms with E-state index < -0.39 is 0 Å². The SMILES string of the molecule is CC(C)N1CCC[C@@H](OCC(C)N2CCC[C@H](O)CC2)CC1. The van der Waals surface area contributed by atoms with Crippen LogP contribution in [-0.4, -0.2) is 72.0 Å². The number of ether oxygens (including phenoxy) is 1. The topological polar surface area (TPSA) is 35.9 Å². The molecule has 0 spiro atoms. The van der Waals surface area contributed by atoms with Crippen molar-refractivity contribution in [1.82, 2.24) is 9.80 Å². The van der Waals surface area contributed by atoms with Gasteiger partial charge in [0.15, 0.2) is 0 Å². The summed E-state index contributed by atoms with van der Waals surface area (Å²) in [6.45, 7) is 12.2. The Labute approximate surface area is 136 Å². The number of nitrogens with zero attached hydrogens (tertiary/aromatic N) is 2. The molecule has 0 aromatic heterocycles. The van der Waals surface area contributed by atoms with Crippen LogP contribution in [0.3, 0.4) is 0 Å². The van der Waals surface area contributed by atoms with Gasteiger partial charge in [-0.15, -0.1) is 0 Å². The minimum Gasteiger partial charge on any atom is -0.393 e. The van der Waals surface area contributed by atoms with Gasteiger partial charge in [-0.05, 0) is 72.4 Å². The van der Waals surface area contributed by atoms with Crippen LogP contribution in [0.1, 0.15) is 59.3 Å². The molecule has 3 atom stereocenters. The standard InChI is InChI=1S/C18H36N2O2/c1-15(2)19-10-5-7-18(9-13-19)22-14-16(3)20-11-4-6-17(21)8-12-20/h15-18,21H,4-14H2,1-3H3/t16?,17-,18+/m0/s1. The van der Waals surface area contributed by atoms with E-state index in [1.54, 1.807) is 0 Å². The zero-order valence-corrected chi connectivity index (χ0v) is 14.8. The summed E-state index contributed by atoms with van der Waals surface area (Å²) in [6, 6.07) is 1.12. The molecular formula is C18H36N2O2. The molecule has 2 heterocycles. The molecule has 2 rings (SSSR count). The lowest BCUT2D eigenvalue weighted by atomic mass is 10.1. The largest absolute Gasteiger partial charge is 0.393 e. The highest BCUT2D eigenvalue weighted by atomic mass is 16.5. The zero-order chi connectivity index (χ0) is 15.9. The second-order valence-electron chi connectivity index (χ2n) is 7.49. The van der Waals surface area contributed by atoms with Gasteiger partial charge in [0.1, 0.15) is 0 Å². The van der Waals surface area contributed by atoms with Crippen LogP contribution in [0.5, 0.6) is 0 Å². The normalized spacial score (nSPS) is 31.0. The van der Waals surface area contributed by atoms with E-state index in [0.29, 0.717) is 18.2 Å². The predicted molar refractivity (Wildman–Crippen MR) is 91.2 cm³/mol. The first-order valence-electron chi connectivity index (χ1n) is 9.34. The summed E-state index contributed by atoms with van der Waals surface area (Å²) in [5.74, 6) is 0. The van der Waals surface area contributed by atoms with Gasteiger partial charge in [0.25, 0.3) is 0 Å². The van der Waals surface area contributed by atoms with E-state index in [2.05, 4.69) is 30.6 Å². The minimum absolute atomic E-state index is 0.0954. The Kier molecular flexibility index (Phi) is 7.61. The van der Waals surface area contributed by atoms with Gasteiger partial charge < -0.3 is 14.7 Å². The predicted octanol–water partition coefficient (Wildman–Crippen LogP) is 2.50. The van der Waals surface area contributed by atoms with E-state index >= 15 is 0 Å². The molecule has 1 unspecified atom stereocenters. The number of likely N-dealkylation sites (tertiary alicyclic amines) is 2. The first kappa shape index (κ1) is 18.2. The van der Waals surface area contributed by atoms with E-state index in [9.17, 15) is 5.11 Å². The second-order valence-corrected chi connectivity index (χ2v) is 7.49. The molecule has 4 heteroatoms. The molecule has 2 aliphatic rings. The number of hydrogen-bond donors (Lipinski definition) is 1. The van der Waals surface area contributed by atoms with E-state index in [0.717, 1.165) is 39.0 Å². The van der Waals surface area contributed by atoms with Crippen LogP contribution in [-0.2, 0) is 4.74 Å². The molecule has 130 valence electrons. The van der Waals surface area contributed by atoms with Gasteiger partial charge in [-0.1, -0.05) is 0 Å². The average Bonchev–Trinajstić information content (AvgIpc) is 2.85. The lowest BCUT2D eigenvalue weighted by Crippen LogP contribution is -2.38. The summed E-state index contributed by atoms with van der Waals surface area (Å²) < 4.78 is 6.24. The lowest BCUT2D eigenvalue weighted by molar-refractivity contribution is 0.00552. The van der Waals surface area contributed by atoms with Crippen molar-refractivity contribution >= 4 is 0 Å². The Hall–Kier alpha value is -0.160. The molecule has 1 N–H and O–H groups in total. The van der Waals surface area contributed by atoms with Crippen LogP contribution in [0.4, 0.5) is 0 Å². The third kappa shape index (κ3) is 5.80. The second kappa shape index (κ2) is 9.21. The highest BCUT2D eigenvalue weighted by Gasteiger charge is 2.22. The fraction of sp³-hybridized carbons (Fsp3) is 1.00. The van der Waals surface area contributed by atoms with Gasteiger partial charge >= 0.3 is 0 Å². The quantitative estimate of drug-likeness (QED) is 0.846. The smallest absolute Gasteiger partial charge is 0.0622 e. The van der Waals surface area contributed by atoms with Gasteiger partial charge in [0.2, 0.25) is 0 Å². The van der Waals surface area contributed by atoms with Crippen molar-refractivity contribution in [3.8, 4) is 0 Å². The third-order valence-electron chi connectivity index (χ3n) is 5.37. The maximum absolute atomic E-state index is 9.76. The first-order chi connectivity index (χ1) is 10.6. The Morgan fingerprint density at radius 3 is 2.36 bits per heavy atom. The van der Waals surface area contributed by atoms with Crippen molar-refractivity contribution in [3.63, 3.8) is 0 Å². The van der Waals surface area contributed by atoms with E-state index in [1.165, 1.54) is 32.4 Å². The highest BCUT2D eigenvalue weighted by Crippen LogP contribution is 2.18.